The molecule has 4 nitrogen and oxygen atoms in total. The Labute approximate surface area is 127 Å². The molecule has 0 aliphatic carbocycles. The zero-order valence-electron chi connectivity index (χ0n) is 11.8. The fourth-order valence-electron chi connectivity index (χ4n) is 1.74. The van der Waals surface area contributed by atoms with E-state index in [0.29, 0.717) is 11.3 Å². The van der Waals surface area contributed by atoms with Gasteiger partial charge in [0, 0.05) is 29.3 Å². The molecule has 0 spiro atoms. The van der Waals surface area contributed by atoms with E-state index in [-0.39, 0.29) is 11.8 Å². The van der Waals surface area contributed by atoms with Crippen LogP contribution in [0.1, 0.15) is 20.8 Å². The van der Waals surface area contributed by atoms with Crippen molar-refractivity contribution in [3.63, 3.8) is 0 Å². The molecule has 0 aliphatic rings. The number of rotatable bonds is 4. The second kappa shape index (κ2) is 6.85. The minimum absolute atomic E-state index is 0.152. The zero-order chi connectivity index (χ0) is 15.2. The quantitative estimate of drug-likeness (QED) is 0.853. The average Bonchev–Trinajstić information content (AvgIpc) is 2.90. The molecule has 2 aromatic rings. The molecule has 1 aromatic carbocycles. The molecule has 5 heteroatoms. The molecule has 0 saturated carbocycles. The number of aryl methyl sites for hydroxylation is 1. The highest BCUT2D eigenvalue weighted by molar-refractivity contribution is 7.11. The number of benzene rings is 1. The molecule has 2 rings (SSSR count). The van der Waals surface area contributed by atoms with Crippen LogP contribution in [0.25, 0.3) is 6.08 Å². The fraction of sp³-hybridized carbons (Fsp3) is 0.125. The van der Waals surface area contributed by atoms with E-state index >= 15 is 0 Å². The van der Waals surface area contributed by atoms with Crippen LogP contribution in [-0.4, -0.2) is 18.9 Å². The number of carbonyl (C=O) groups excluding carboxylic acids is 2. The summed E-state index contributed by atoms with van der Waals surface area (Å²) in [6.07, 6.45) is 3.31. The maximum atomic E-state index is 11.8. The average molecular weight is 300 g/mol. The van der Waals surface area contributed by atoms with Gasteiger partial charge in [-0.1, -0.05) is 0 Å². The second-order valence-corrected chi connectivity index (χ2v) is 5.39. The molecule has 0 fully saturated rings. The van der Waals surface area contributed by atoms with E-state index in [1.807, 2.05) is 18.4 Å². The first-order chi connectivity index (χ1) is 10.1. The van der Waals surface area contributed by atoms with Gasteiger partial charge in [-0.15, -0.1) is 11.3 Å². The number of nitrogens with one attached hydrogen (secondary N) is 2. The van der Waals surface area contributed by atoms with E-state index in [0.717, 1.165) is 10.4 Å². The predicted molar refractivity (Wildman–Crippen MR) is 86.6 cm³/mol. The third kappa shape index (κ3) is 4.03. The summed E-state index contributed by atoms with van der Waals surface area (Å²) in [4.78, 5) is 24.3. The van der Waals surface area contributed by atoms with Gasteiger partial charge >= 0.3 is 0 Å². The lowest BCUT2D eigenvalue weighted by molar-refractivity contribution is -0.111. The van der Waals surface area contributed by atoms with Crippen molar-refractivity contribution in [2.45, 2.75) is 6.92 Å². The Kier molecular flexibility index (Phi) is 4.90. The number of amides is 2. The third-order valence-corrected chi connectivity index (χ3v) is 3.91. The summed E-state index contributed by atoms with van der Waals surface area (Å²) in [7, 11) is 1.58. The van der Waals surface area contributed by atoms with Gasteiger partial charge in [-0.05, 0) is 54.3 Å². The lowest BCUT2D eigenvalue weighted by Crippen LogP contribution is -2.17. The number of thiophene rings is 1. The van der Waals surface area contributed by atoms with Crippen molar-refractivity contribution in [3.05, 3.63) is 57.8 Å². The number of anilines is 1. The van der Waals surface area contributed by atoms with Crippen LogP contribution in [-0.2, 0) is 4.79 Å². The van der Waals surface area contributed by atoms with Gasteiger partial charge in [0.25, 0.3) is 5.91 Å². The van der Waals surface area contributed by atoms with Gasteiger partial charge in [-0.25, -0.2) is 0 Å². The molecule has 0 saturated heterocycles. The van der Waals surface area contributed by atoms with Crippen molar-refractivity contribution in [1.29, 1.82) is 0 Å². The number of hydrogen-bond donors (Lipinski definition) is 2. The van der Waals surface area contributed by atoms with Crippen molar-refractivity contribution in [1.82, 2.24) is 5.32 Å². The molecule has 1 aromatic heterocycles. The Morgan fingerprint density at radius 3 is 2.43 bits per heavy atom. The molecular formula is C16H16N2O2S. The molecule has 21 heavy (non-hydrogen) atoms. The maximum absolute atomic E-state index is 11.8. The van der Waals surface area contributed by atoms with Gasteiger partial charge in [-0.2, -0.15) is 0 Å². The Morgan fingerprint density at radius 1 is 1.14 bits per heavy atom. The van der Waals surface area contributed by atoms with Crippen molar-refractivity contribution in [2.24, 2.45) is 0 Å². The molecule has 2 amide bonds. The van der Waals surface area contributed by atoms with Crippen LogP contribution in [0.5, 0.6) is 0 Å². The van der Waals surface area contributed by atoms with Gasteiger partial charge in [0.2, 0.25) is 5.91 Å². The van der Waals surface area contributed by atoms with Gasteiger partial charge < -0.3 is 10.6 Å². The highest BCUT2D eigenvalue weighted by Gasteiger charge is 2.03. The molecule has 2 N–H and O–H groups in total. The van der Waals surface area contributed by atoms with Crippen LogP contribution in [0.3, 0.4) is 0 Å². The first-order valence-corrected chi connectivity index (χ1v) is 7.33. The summed E-state index contributed by atoms with van der Waals surface area (Å²) in [5, 5.41) is 7.29. The highest BCUT2D eigenvalue weighted by Crippen LogP contribution is 2.17. The van der Waals surface area contributed by atoms with E-state index in [2.05, 4.69) is 10.6 Å². The van der Waals surface area contributed by atoms with Crippen molar-refractivity contribution < 1.29 is 9.59 Å². The van der Waals surface area contributed by atoms with Crippen LogP contribution in [0.2, 0.25) is 0 Å². The monoisotopic (exact) mass is 300 g/mol. The second-order valence-electron chi connectivity index (χ2n) is 4.45. The molecule has 0 unspecified atom stereocenters. The first-order valence-electron chi connectivity index (χ1n) is 6.45. The summed E-state index contributed by atoms with van der Waals surface area (Å²) in [5.74, 6) is -0.351. The zero-order valence-corrected chi connectivity index (χ0v) is 12.7. The van der Waals surface area contributed by atoms with E-state index in [9.17, 15) is 9.59 Å². The number of hydrogen-bond acceptors (Lipinski definition) is 3. The fourth-order valence-corrected chi connectivity index (χ4v) is 2.56. The normalized spacial score (nSPS) is 10.6. The standard InChI is InChI=1S/C16H16N2O2S/c1-11-9-10-21-14(11)7-8-15(19)18-13-5-3-12(4-6-13)16(20)17-2/h3-10H,1-2H3,(H,17,20)(H,18,19)/b8-7+. The topological polar surface area (TPSA) is 58.2 Å². The third-order valence-electron chi connectivity index (χ3n) is 2.93. The molecule has 0 radical (unpaired) electrons. The van der Waals surface area contributed by atoms with Gasteiger partial charge in [-0.3, -0.25) is 9.59 Å². The first kappa shape index (κ1) is 15.0. The lowest BCUT2D eigenvalue weighted by Gasteiger charge is -2.04. The lowest BCUT2D eigenvalue weighted by atomic mass is 10.2. The minimum atomic E-state index is -0.199. The van der Waals surface area contributed by atoms with Crippen LogP contribution < -0.4 is 10.6 Å². The Morgan fingerprint density at radius 2 is 1.86 bits per heavy atom. The van der Waals surface area contributed by atoms with Crippen LogP contribution >= 0.6 is 11.3 Å². The van der Waals surface area contributed by atoms with Crippen molar-refractivity contribution >= 4 is 34.9 Å². The molecule has 108 valence electrons. The van der Waals surface area contributed by atoms with Crippen LogP contribution in [0.4, 0.5) is 5.69 Å². The van der Waals surface area contributed by atoms with E-state index in [1.165, 1.54) is 6.08 Å². The van der Waals surface area contributed by atoms with Gasteiger partial charge in [0.15, 0.2) is 0 Å². The van der Waals surface area contributed by atoms with Crippen LogP contribution in [0, 0.1) is 6.92 Å². The minimum Gasteiger partial charge on any atom is -0.355 e. The Hall–Kier alpha value is -2.40. The van der Waals surface area contributed by atoms with E-state index in [1.54, 1.807) is 48.7 Å². The van der Waals surface area contributed by atoms with E-state index < -0.39 is 0 Å². The maximum Gasteiger partial charge on any atom is 0.251 e. The molecular weight excluding hydrogens is 284 g/mol. The summed E-state index contributed by atoms with van der Waals surface area (Å²) in [5.41, 5.74) is 2.36. The van der Waals surface area contributed by atoms with Crippen molar-refractivity contribution in [3.8, 4) is 0 Å². The SMILES string of the molecule is CNC(=O)c1ccc(NC(=O)/C=C/c2sccc2C)cc1. The van der Waals surface area contributed by atoms with Gasteiger partial charge in [0.1, 0.15) is 0 Å². The van der Waals surface area contributed by atoms with Gasteiger partial charge in [0.05, 0.1) is 0 Å². The smallest absolute Gasteiger partial charge is 0.251 e. The molecule has 1 heterocycles. The summed E-state index contributed by atoms with van der Waals surface area (Å²) >= 11 is 1.59. The Balaban J connectivity index is 1.98. The van der Waals surface area contributed by atoms with E-state index in [4.69, 9.17) is 0 Å². The molecule has 0 bridgehead atoms. The molecule has 0 atom stereocenters. The molecule has 0 aliphatic heterocycles. The Bertz CT molecular complexity index is 672. The predicted octanol–water partition coefficient (Wildman–Crippen LogP) is 3.07. The van der Waals surface area contributed by atoms with Crippen LogP contribution in [0.15, 0.2) is 41.8 Å². The number of carbonyl (C=O) groups is 2. The summed E-state index contributed by atoms with van der Waals surface area (Å²) in [6, 6.07) is 8.75. The summed E-state index contributed by atoms with van der Waals surface area (Å²) < 4.78 is 0. The van der Waals surface area contributed by atoms with Crippen molar-refractivity contribution in [2.75, 3.05) is 12.4 Å². The largest absolute Gasteiger partial charge is 0.355 e. The highest BCUT2D eigenvalue weighted by atomic mass is 32.1. The summed E-state index contributed by atoms with van der Waals surface area (Å²) in [6.45, 7) is 2.01.